The van der Waals surface area contributed by atoms with Crippen molar-refractivity contribution in [2.45, 2.75) is 50.2 Å². The lowest BCUT2D eigenvalue weighted by Gasteiger charge is -2.28. The van der Waals surface area contributed by atoms with Crippen molar-refractivity contribution in [2.75, 3.05) is 23.7 Å². The van der Waals surface area contributed by atoms with E-state index in [4.69, 9.17) is 17.3 Å². The van der Waals surface area contributed by atoms with Crippen LogP contribution in [0.15, 0.2) is 12.4 Å². The van der Waals surface area contributed by atoms with Gasteiger partial charge in [0.2, 0.25) is 0 Å². The smallest absolute Gasteiger partial charge is 0.150 e. The summed E-state index contributed by atoms with van der Waals surface area (Å²) in [6, 6.07) is 1.10. The van der Waals surface area contributed by atoms with Crippen LogP contribution in [0.4, 0.5) is 20.4 Å². The molecule has 3 aliphatic rings. The number of anilines is 2. The number of hydrogen-bond acceptors (Lipinski definition) is 7. The van der Waals surface area contributed by atoms with Gasteiger partial charge in [0.15, 0.2) is 0 Å². The van der Waals surface area contributed by atoms with Gasteiger partial charge in [0.25, 0.3) is 0 Å². The minimum absolute atomic E-state index is 0.00108. The largest absolute Gasteiger partial charge is 0.390 e. The van der Waals surface area contributed by atoms with E-state index in [1.54, 1.807) is 11.0 Å². The van der Waals surface area contributed by atoms with Gasteiger partial charge in [-0.1, -0.05) is 11.6 Å². The number of fused-ring (bicyclic) bond motifs is 2. The summed E-state index contributed by atoms with van der Waals surface area (Å²) in [4.78, 5) is 9.72. The second-order valence-electron chi connectivity index (χ2n) is 8.58. The summed E-state index contributed by atoms with van der Waals surface area (Å²) in [6.07, 6.45) is -0.759. The van der Waals surface area contributed by atoms with Gasteiger partial charge in [0.1, 0.15) is 36.1 Å². The molecule has 5 N–H and O–H groups in total. The molecule has 0 saturated heterocycles. The van der Waals surface area contributed by atoms with Crippen molar-refractivity contribution in [3.05, 3.63) is 45.5 Å². The number of rotatable bonds is 3. The molecular formula is C21H24ClF2N5O2. The Morgan fingerprint density at radius 3 is 2.87 bits per heavy atom. The highest BCUT2D eigenvalue weighted by Gasteiger charge is 2.48. The monoisotopic (exact) mass is 451 g/mol. The molecule has 7 nitrogen and oxygen atoms in total. The van der Waals surface area contributed by atoms with Gasteiger partial charge in [0.05, 0.1) is 29.3 Å². The first kappa shape index (κ1) is 20.8. The molecular weight excluding hydrogens is 428 g/mol. The molecule has 0 radical (unpaired) electrons. The molecule has 2 aromatic rings. The van der Waals surface area contributed by atoms with Gasteiger partial charge in [0, 0.05) is 6.54 Å². The highest BCUT2D eigenvalue weighted by atomic mass is 35.5. The molecule has 10 heteroatoms. The van der Waals surface area contributed by atoms with Crippen LogP contribution >= 0.6 is 11.6 Å². The van der Waals surface area contributed by atoms with E-state index in [0.29, 0.717) is 43.7 Å². The molecule has 1 aromatic carbocycles. The quantitative estimate of drug-likeness (QED) is 0.562. The zero-order valence-corrected chi connectivity index (χ0v) is 17.5. The number of aliphatic hydroxyl groups is 2. The third-order valence-electron chi connectivity index (χ3n) is 6.87. The Hall–Kier alpha value is -2.07. The highest BCUT2D eigenvalue weighted by molar-refractivity contribution is 6.30. The van der Waals surface area contributed by atoms with E-state index in [2.05, 4.69) is 15.3 Å². The molecule has 3 heterocycles. The zero-order valence-electron chi connectivity index (χ0n) is 16.7. The number of nitrogen functional groups attached to an aromatic ring is 1. The van der Waals surface area contributed by atoms with E-state index in [9.17, 15) is 19.0 Å². The van der Waals surface area contributed by atoms with Crippen LogP contribution in [0.25, 0.3) is 0 Å². The Balaban J connectivity index is 1.42. The predicted octanol–water partition coefficient (Wildman–Crippen LogP) is 1.68. The predicted molar refractivity (Wildman–Crippen MR) is 112 cm³/mol. The van der Waals surface area contributed by atoms with Crippen molar-refractivity contribution in [3.8, 4) is 0 Å². The Labute approximate surface area is 183 Å². The number of aliphatic hydroxyl groups excluding tert-OH is 2. The number of benzene rings is 1. The molecule has 0 bridgehead atoms. The van der Waals surface area contributed by atoms with Crippen molar-refractivity contribution < 1.29 is 19.0 Å². The summed E-state index contributed by atoms with van der Waals surface area (Å²) >= 11 is 6.14. The maximum Gasteiger partial charge on any atom is 0.150 e. The third kappa shape index (κ3) is 3.34. The fourth-order valence-corrected chi connectivity index (χ4v) is 5.57. The molecule has 1 aliphatic carbocycles. The van der Waals surface area contributed by atoms with Gasteiger partial charge in [-0.2, -0.15) is 0 Å². The first-order valence-electron chi connectivity index (χ1n) is 10.4. The maximum absolute atomic E-state index is 14.6. The van der Waals surface area contributed by atoms with E-state index in [-0.39, 0.29) is 34.7 Å². The molecule has 1 saturated carbocycles. The molecule has 1 fully saturated rings. The number of halogens is 3. The van der Waals surface area contributed by atoms with Crippen LogP contribution in [0, 0.1) is 11.7 Å². The van der Waals surface area contributed by atoms with Gasteiger partial charge in [-0.05, 0) is 54.5 Å². The second-order valence-corrected chi connectivity index (χ2v) is 8.99. The Morgan fingerprint density at radius 1 is 1.26 bits per heavy atom. The normalized spacial score (nSPS) is 29.8. The summed E-state index contributed by atoms with van der Waals surface area (Å²) in [5, 5.41) is 24.9. The average Bonchev–Trinajstić information content (AvgIpc) is 3.24. The van der Waals surface area contributed by atoms with Crippen LogP contribution < -0.4 is 16.0 Å². The fraction of sp³-hybridized carbons (Fsp3) is 0.524. The van der Waals surface area contributed by atoms with Gasteiger partial charge in [-0.15, -0.1) is 0 Å². The Bertz CT molecular complexity index is 1030. The molecule has 2 aliphatic heterocycles. The number of nitrogens with zero attached hydrogens (tertiary/aromatic N) is 3. The topological polar surface area (TPSA) is 108 Å². The van der Waals surface area contributed by atoms with Crippen molar-refractivity contribution >= 4 is 23.2 Å². The first-order chi connectivity index (χ1) is 14.9. The number of alkyl halides is 1. The molecule has 1 aromatic heterocycles. The van der Waals surface area contributed by atoms with Crippen LogP contribution in [-0.2, 0) is 19.4 Å². The summed E-state index contributed by atoms with van der Waals surface area (Å²) in [5.74, 6) is -0.228. The van der Waals surface area contributed by atoms with Gasteiger partial charge >= 0.3 is 0 Å². The lowest BCUT2D eigenvalue weighted by atomic mass is 9.88. The summed E-state index contributed by atoms with van der Waals surface area (Å²) < 4.78 is 29.1. The summed E-state index contributed by atoms with van der Waals surface area (Å²) in [6.45, 7) is 1.22. The van der Waals surface area contributed by atoms with Crippen LogP contribution in [-0.4, -0.2) is 51.5 Å². The Kier molecular flexibility index (Phi) is 5.24. The second kappa shape index (κ2) is 7.81. The number of aromatic nitrogens is 2. The molecule has 31 heavy (non-hydrogen) atoms. The lowest BCUT2D eigenvalue weighted by Crippen LogP contribution is -2.43. The molecule has 166 valence electrons. The number of nitrogens with two attached hydrogens (primary N) is 1. The first-order valence-corrected chi connectivity index (χ1v) is 10.8. The van der Waals surface area contributed by atoms with Gasteiger partial charge in [-0.3, -0.25) is 0 Å². The minimum atomic E-state index is -1.35. The molecule has 0 spiro atoms. The molecule has 5 atom stereocenters. The maximum atomic E-state index is 14.6. The van der Waals surface area contributed by atoms with E-state index in [1.807, 2.05) is 0 Å². The van der Waals surface area contributed by atoms with Crippen LogP contribution in [0.5, 0.6) is 0 Å². The molecule has 1 unspecified atom stereocenters. The lowest BCUT2D eigenvalue weighted by molar-refractivity contribution is 0.0144. The van der Waals surface area contributed by atoms with E-state index >= 15 is 0 Å². The van der Waals surface area contributed by atoms with Crippen molar-refractivity contribution in [3.63, 3.8) is 0 Å². The minimum Gasteiger partial charge on any atom is -0.390 e. The SMILES string of the molecule is Nc1ncnc2c1C(F)CN2[C@@H]1C[C@H](Cc2cc(Cl)c(F)c3c2CNCC3)[C@@H](O)[C@H]1O. The highest BCUT2D eigenvalue weighted by Crippen LogP contribution is 2.44. The van der Waals surface area contributed by atoms with Crippen LogP contribution in [0.1, 0.15) is 34.8 Å². The zero-order chi connectivity index (χ0) is 21.9. The molecule has 5 rings (SSSR count). The van der Waals surface area contributed by atoms with Crippen LogP contribution in [0.2, 0.25) is 5.02 Å². The van der Waals surface area contributed by atoms with Crippen LogP contribution in [0.3, 0.4) is 0 Å². The standard InChI is InChI=1S/C21H24ClF2N5O2/c22-13-4-9(12-6-26-2-1-11(12)17(13)24)3-10-5-15(19(31)18(10)30)29-7-14(23)16-20(25)27-8-28-21(16)29/h4,8,10,14-15,18-19,26,30-31H,1-3,5-7H2,(H2,25,27,28)/t10-,14?,15+,18+,19-/m0/s1. The van der Waals surface area contributed by atoms with E-state index in [0.717, 1.165) is 11.1 Å². The third-order valence-corrected chi connectivity index (χ3v) is 7.15. The van der Waals surface area contributed by atoms with E-state index < -0.39 is 24.4 Å². The fourth-order valence-electron chi connectivity index (χ4n) is 5.33. The van der Waals surface area contributed by atoms with Crippen molar-refractivity contribution in [1.29, 1.82) is 0 Å². The van der Waals surface area contributed by atoms with Crippen molar-refractivity contribution in [2.24, 2.45) is 5.92 Å². The van der Waals surface area contributed by atoms with Crippen molar-refractivity contribution in [1.82, 2.24) is 15.3 Å². The number of hydrogen-bond donors (Lipinski definition) is 4. The van der Waals surface area contributed by atoms with Gasteiger partial charge in [-0.25, -0.2) is 18.7 Å². The Morgan fingerprint density at radius 2 is 2.06 bits per heavy atom. The molecule has 0 amide bonds. The summed E-state index contributed by atoms with van der Waals surface area (Å²) in [5.41, 5.74) is 8.41. The number of nitrogens with one attached hydrogen (secondary N) is 1. The summed E-state index contributed by atoms with van der Waals surface area (Å²) in [7, 11) is 0. The average molecular weight is 452 g/mol. The van der Waals surface area contributed by atoms with E-state index in [1.165, 1.54) is 6.33 Å². The van der Waals surface area contributed by atoms with Gasteiger partial charge < -0.3 is 26.2 Å².